The minimum atomic E-state index is -3.75. The normalized spacial score (nSPS) is 11.2. The van der Waals surface area contributed by atoms with Gasteiger partial charge in [0.2, 0.25) is 5.88 Å². The van der Waals surface area contributed by atoms with Gasteiger partial charge in [-0.15, -0.1) is 47.3 Å². The van der Waals surface area contributed by atoms with Crippen molar-refractivity contribution in [3.63, 3.8) is 0 Å². The molecule has 0 bridgehead atoms. The van der Waals surface area contributed by atoms with Gasteiger partial charge in [0.15, 0.2) is 19.7 Å². The number of carboxylic acid groups (broad SMARTS) is 1. The zero-order valence-corrected chi connectivity index (χ0v) is 48.4. The van der Waals surface area contributed by atoms with E-state index < -0.39 is 54.0 Å². The summed E-state index contributed by atoms with van der Waals surface area (Å²) in [6.45, 7) is 1.08. The average molecular weight is 1350 g/mol. The lowest BCUT2D eigenvalue weighted by molar-refractivity contribution is -0.134. The maximum Gasteiger partial charge on any atom is 0.369 e. The van der Waals surface area contributed by atoms with Crippen molar-refractivity contribution >= 4 is 121 Å². The molecule has 0 amide bonds. The number of nitrogens with zero attached hydrogens (tertiary/aromatic N) is 5. The molecule has 0 atom stereocenters. The number of nitrogens with one attached hydrogen (secondary N) is 1. The van der Waals surface area contributed by atoms with Crippen molar-refractivity contribution in [2.24, 2.45) is 0 Å². The van der Waals surface area contributed by atoms with Crippen molar-refractivity contribution in [3.8, 4) is 39.8 Å². The van der Waals surface area contributed by atoms with Crippen LogP contribution >= 0.6 is 70.5 Å². The predicted octanol–water partition coefficient (Wildman–Crippen LogP) is 11.2. The van der Waals surface area contributed by atoms with E-state index in [1.165, 1.54) is 146 Å². The third-order valence-corrected chi connectivity index (χ3v) is 14.8. The Bertz CT molecular complexity index is 4300. The second-order valence-corrected chi connectivity index (χ2v) is 27.5. The maximum absolute atomic E-state index is 13.8. The van der Waals surface area contributed by atoms with Crippen LogP contribution in [-0.4, -0.2) is 67.6 Å². The maximum atomic E-state index is 13.8. The number of hydrogen-bond acceptors (Lipinski definition) is 14. The molecule has 6 heterocycles. The second kappa shape index (κ2) is 25.8. The van der Waals surface area contributed by atoms with Crippen LogP contribution in [0.25, 0.3) is 55.7 Å². The molecule has 0 saturated heterocycles. The number of ether oxygens (including phenoxy) is 1. The van der Waals surface area contributed by atoms with E-state index in [-0.39, 0.29) is 74.6 Å². The number of aliphatic carboxylic acids is 1. The topological polar surface area (TPSA) is 257 Å². The lowest BCUT2D eigenvalue weighted by atomic mass is 10.1. The summed E-state index contributed by atoms with van der Waals surface area (Å²) in [6, 6.07) is 31.3. The average Bonchev–Trinajstić information content (AvgIpc) is 4.25. The highest BCUT2D eigenvalue weighted by molar-refractivity contribution is 9.69. The molecular weight excluding hydrogens is 1310 g/mol. The van der Waals surface area contributed by atoms with Gasteiger partial charge in [-0.3, -0.25) is 28.3 Å². The summed E-state index contributed by atoms with van der Waals surface area (Å²) in [5, 5.41) is 15.9. The summed E-state index contributed by atoms with van der Waals surface area (Å²) >= 11 is 22.2. The first-order valence-corrected chi connectivity index (χ1v) is 29.1. The molecule has 0 aliphatic rings. The number of benzene rings is 4. The number of carboxylic acids is 1. The highest BCUT2D eigenvalue weighted by Crippen LogP contribution is 2.35. The molecule has 2 N–H and O–H groups in total. The molecule has 406 valence electrons. The minimum Gasteiger partial charge on any atom is -0.481 e. The fourth-order valence-corrected chi connectivity index (χ4v) is 10.7. The van der Waals surface area contributed by atoms with E-state index in [0.717, 1.165) is 11.5 Å². The van der Waals surface area contributed by atoms with Crippen molar-refractivity contribution in [2.75, 3.05) is 7.11 Å². The summed E-state index contributed by atoms with van der Waals surface area (Å²) in [4.78, 5) is 54.8. The van der Waals surface area contributed by atoms with E-state index >= 15 is 0 Å². The summed E-state index contributed by atoms with van der Waals surface area (Å²) in [5.41, 5.74) is 1.18. The van der Waals surface area contributed by atoms with Gasteiger partial charge < -0.3 is 23.9 Å². The van der Waals surface area contributed by atoms with Gasteiger partial charge in [-0.1, -0.05) is 57.8 Å². The number of rotatable bonds is 11. The van der Waals surface area contributed by atoms with Crippen LogP contribution in [0.15, 0.2) is 179 Å². The van der Waals surface area contributed by atoms with Gasteiger partial charge in [0.25, 0.3) is 22.6 Å². The molecule has 10 aromatic rings. The van der Waals surface area contributed by atoms with Gasteiger partial charge in [-0.05, 0) is 84.9 Å². The highest BCUT2D eigenvalue weighted by atomic mass is 79.9. The number of aromatic amines is 1. The van der Waals surface area contributed by atoms with Gasteiger partial charge in [-0.25, -0.2) is 30.6 Å². The van der Waals surface area contributed by atoms with Crippen molar-refractivity contribution in [3.05, 3.63) is 210 Å². The number of sulfone groups is 2. The van der Waals surface area contributed by atoms with Crippen LogP contribution in [0.3, 0.4) is 0 Å². The Morgan fingerprint density at radius 3 is 1.58 bits per heavy atom. The van der Waals surface area contributed by atoms with Crippen molar-refractivity contribution in [1.29, 1.82) is 0 Å². The lowest BCUT2D eigenvalue weighted by Crippen LogP contribution is -2.25. The van der Waals surface area contributed by atoms with Crippen molar-refractivity contribution < 1.29 is 49.3 Å². The number of carbonyl (C=O) groups is 1. The number of methoxy groups -OCH3 is 1. The first kappa shape index (κ1) is 59.6. The van der Waals surface area contributed by atoms with E-state index in [2.05, 4.69) is 67.6 Å². The van der Waals surface area contributed by atoms with Gasteiger partial charge >= 0.3 is 3.18 Å². The molecule has 4 aromatic carbocycles. The molecule has 0 unspecified atom stereocenters. The Morgan fingerprint density at radius 1 is 0.671 bits per heavy atom. The number of halogens is 7. The number of hydrogen-bond donors (Lipinski definition) is 2. The van der Waals surface area contributed by atoms with Crippen LogP contribution in [0, 0.1) is 11.6 Å². The Kier molecular flexibility index (Phi) is 19.5. The highest BCUT2D eigenvalue weighted by Gasteiger charge is 2.23. The largest absolute Gasteiger partial charge is 0.481 e. The van der Waals surface area contributed by atoms with E-state index in [1.807, 2.05) is 0 Å². The van der Waals surface area contributed by atoms with Crippen LogP contribution in [0.2, 0.25) is 10.0 Å². The SMILES string of the molecule is BrB(Br)Br.CC(=O)O.COc1nc(-c2cccc(F)c2)c(Cl)cc1-n1c(=O)ccc2cc(S(=O)(=O)Cc3ccon3)ccc21.O=c1[nH]c(-c2cccc(F)c2)c(Cl)cc1-n1c(=O)ccc2cc(S(=O)(=O)Cc3ccon3)ccc21. The molecule has 6 aromatic heterocycles. The molecule has 10 rings (SSSR count). The monoisotopic (exact) mass is 1340 g/mol. The summed E-state index contributed by atoms with van der Waals surface area (Å²) in [5.74, 6) is -2.39. The molecular formula is C51H36BBr3Cl2F2N6O12S2. The molecule has 0 saturated carbocycles. The summed E-state index contributed by atoms with van der Waals surface area (Å²) in [6.07, 6.45) is 2.59. The lowest BCUT2D eigenvalue weighted by Gasteiger charge is -2.16. The fraction of sp³-hybridized carbons (Fsp3) is 0.0784. The fourth-order valence-electron chi connectivity index (χ4n) is 7.64. The molecule has 0 fully saturated rings. The molecule has 0 aliphatic carbocycles. The predicted molar refractivity (Wildman–Crippen MR) is 305 cm³/mol. The minimum absolute atomic E-state index is 0.0200. The zero-order valence-electron chi connectivity index (χ0n) is 40.5. The van der Waals surface area contributed by atoms with E-state index in [9.17, 15) is 40.0 Å². The molecule has 79 heavy (non-hydrogen) atoms. The number of fused-ring (bicyclic) bond motifs is 2. The molecule has 28 heteroatoms. The Labute approximate surface area is 481 Å². The van der Waals surface area contributed by atoms with Crippen LogP contribution in [0.4, 0.5) is 8.78 Å². The van der Waals surface area contributed by atoms with Crippen molar-refractivity contribution in [1.82, 2.24) is 29.4 Å². The first-order valence-electron chi connectivity index (χ1n) is 22.3. The zero-order chi connectivity index (χ0) is 57.3. The number of pyridine rings is 4. The van der Waals surface area contributed by atoms with Gasteiger partial charge in [0.05, 0.1) is 60.8 Å². The molecule has 0 radical (unpaired) electrons. The van der Waals surface area contributed by atoms with E-state index in [0.29, 0.717) is 32.9 Å². The molecule has 0 spiro atoms. The Balaban J connectivity index is 0.000000202. The van der Waals surface area contributed by atoms with Gasteiger partial charge in [0, 0.05) is 53.1 Å². The molecule has 18 nitrogen and oxygen atoms in total. The third-order valence-electron chi connectivity index (χ3n) is 10.9. The standard InChI is InChI=1S/C25H17ClFN3O5S.C24H15ClFN3O5S.C2H4O2.BBr3/c1-34-25-22(13-20(26)24(28-25)16-3-2-4-17(27)11-16)30-21-7-6-19(12-15(21)5-8-23(30)31)36(32,33)14-18-9-10-35-29-18;25-19-12-21(24(31)27-23(19)15-2-1-3-16(26)10-15)29-20-6-5-18(11-14(20)4-7-22(29)30)35(32,33)13-17-8-9-34-28-17;1-2(3)4;2-1(3)4/h2-13H,14H2,1H3;1-12H,13H2,(H,27,31);1H3,(H,3,4);. The van der Waals surface area contributed by atoms with Crippen LogP contribution in [-0.2, 0) is 36.0 Å². The van der Waals surface area contributed by atoms with Crippen LogP contribution in [0.5, 0.6) is 5.88 Å². The molecule has 0 aliphatic heterocycles. The quantitative estimate of drug-likeness (QED) is 0.114. The number of H-pyrrole nitrogens is 1. The third kappa shape index (κ3) is 14.8. The first-order chi connectivity index (χ1) is 37.5. The van der Waals surface area contributed by atoms with Gasteiger partial charge in [-0.2, -0.15) is 0 Å². The van der Waals surface area contributed by atoms with Crippen LogP contribution < -0.4 is 21.4 Å². The van der Waals surface area contributed by atoms with E-state index in [4.69, 9.17) is 46.9 Å². The Morgan fingerprint density at radius 2 is 1.13 bits per heavy atom. The van der Waals surface area contributed by atoms with Crippen molar-refractivity contribution in [2.45, 2.75) is 28.2 Å². The number of aromatic nitrogens is 6. The van der Waals surface area contributed by atoms with Crippen LogP contribution in [0.1, 0.15) is 18.3 Å². The van der Waals surface area contributed by atoms with Gasteiger partial charge in [0.1, 0.15) is 47.0 Å². The summed E-state index contributed by atoms with van der Waals surface area (Å²) < 4.78 is 96.4. The Hall–Kier alpha value is -7.07. The second-order valence-electron chi connectivity index (χ2n) is 16.3. The van der Waals surface area contributed by atoms with E-state index in [1.54, 1.807) is 12.1 Å². The smallest absolute Gasteiger partial charge is 0.369 e. The summed E-state index contributed by atoms with van der Waals surface area (Å²) in [7, 11) is -6.08.